The van der Waals surface area contributed by atoms with E-state index in [9.17, 15) is 15.0 Å². The van der Waals surface area contributed by atoms with E-state index in [2.05, 4.69) is 13.0 Å². The molecule has 3 fully saturated rings. The number of phenols is 1. The van der Waals surface area contributed by atoms with Crippen LogP contribution in [0.1, 0.15) is 56.1 Å². The van der Waals surface area contributed by atoms with E-state index in [-0.39, 0.29) is 23.9 Å². The monoisotopic (exact) mass is 328 g/mol. The molecular formula is C20H24O4. The molecule has 1 unspecified atom stereocenters. The van der Waals surface area contributed by atoms with Gasteiger partial charge in [-0.1, -0.05) is 13.0 Å². The van der Waals surface area contributed by atoms with Crippen LogP contribution in [0.2, 0.25) is 0 Å². The second-order valence-corrected chi connectivity index (χ2v) is 8.57. The van der Waals surface area contributed by atoms with Crippen LogP contribution in [0, 0.1) is 17.3 Å². The summed E-state index contributed by atoms with van der Waals surface area (Å²) in [5.74, 6) is 1.55. The Labute approximate surface area is 141 Å². The van der Waals surface area contributed by atoms with E-state index in [1.165, 1.54) is 11.1 Å². The molecule has 1 heterocycles. The van der Waals surface area contributed by atoms with Crippen LogP contribution < -0.4 is 0 Å². The van der Waals surface area contributed by atoms with Gasteiger partial charge in [0.25, 0.3) is 0 Å². The van der Waals surface area contributed by atoms with Gasteiger partial charge in [0.05, 0.1) is 6.42 Å². The van der Waals surface area contributed by atoms with Crippen LogP contribution in [0.5, 0.6) is 5.75 Å². The summed E-state index contributed by atoms with van der Waals surface area (Å²) in [5.41, 5.74) is 1.46. The quantitative estimate of drug-likeness (QED) is 0.719. The highest BCUT2D eigenvalue weighted by Crippen LogP contribution is 2.66. The molecule has 5 rings (SSSR count). The molecule has 4 aliphatic rings. The zero-order valence-corrected chi connectivity index (χ0v) is 14.0. The minimum absolute atomic E-state index is 0.159. The minimum atomic E-state index is -0.977. The maximum atomic E-state index is 11.8. The number of esters is 1. The van der Waals surface area contributed by atoms with Crippen molar-refractivity contribution in [3.8, 4) is 5.75 Å². The predicted octanol–water partition coefficient (Wildman–Crippen LogP) is 2.90. The van der Waals surface area contributed by atoms with Gasteiger partial charge in [0.1, 0.15) is 17.5 Å². The number of hydrogen-bond acceptors (Lipinski definition) is 4. The number of benzene rings is 1. The average molecular weight is 328 g/mol. The van der Waals surface area contributed by atoms with Gasteiger partial charge < -0.3 is 14.9 Å². The number of carbonyl (C=O) groups excluding carboxylic acids is 1. The number of fused-ring (bicyclic) bond motifs is 7. The standard InChI is InChI=1S/C20H24O4/c1-19-7-6-14-13-5-3-12(21)8-11(13)2-4-15(14)16(19)9-17-20(19,23)10-18(22)24-17/h3,5,8,14-17,21,23H,2,4,6-7,9-10H2,1H3/t14-,15-,16+,17?,19+,20-/m1/s1. The number of rotatable bonds is 0. The fraction of sp³-hybridized carbons (Fsp3) is 0.650. The lowest BCUT2D eigenvalue weighted by Gasteiger charge is -2.52. The van der Waals surface area contributed by atoms with Crippen LogP contribution in [0.15, 0.2) is 18.2 Å². The third-order valence-corrected chi connectivity index (χ3v) is 7.78. The zero-order valence-electron chi connectivity index (χ0n) is 14.0. The largest absolute Gasteiger partial charge is 0.508 e. The van der Waals surface area contributed by atoms with Gasteiger partial charge in [-0.2, -0.15) is 0 Å². The van der Waals surface area contributed by atoms with Crippen molar-refractivity contribution in [1.82, 2.24) is 0 Å². The highest BCUT2D eigenvalue weighted by atomic mass is 16.6. The molecule has 4 nitrogen and oxygen atoms in total. The highest BCUT2D eigenvalue weighted by Gasteiger charge is 2.69. The molecule has 1 aromatic carbocycles. The molecule has 0 amide bonds. The Morgan fingerprint density at radius 2 is 2.12 bits per heavy atom. The van der Waals surface area contributed by atoms with E-state index >= 15 is 0 Å². The minimum Gasteiger partial charge on any atom is -0.508 e. The van der Waals surface area contributed by atoms with Gasteiger partial charge in [-0.05, 0) is 73.1 Å². The molecule has 1 aromatic rings. The third-order valence-electron chi connectivity index (χ3n) is 7.78. The molecule has 24 heavy (non-hydrogen) atoms. The lowest BCUT2D eigenvalue weighted by molar-refractivity contribution is -0.142. The van der Waals surface area contributed by atoms with E-state index in [4.69, 9.17) is 4.74 Å². The van der Waals surface area contributed by atoms with Gasteiger partial charge in [-0.25, -0.2) is 0 Å². The van der Waals surface area contributed by atoms with Crippen LogP contribution >= 0.6 is 0 Å². The third kappa shape index (κ3) is 1.65. The van der Waals surface area contributed by atoms with Crippen LogP contribution in [0.4, 0.5) is 0 Å². The van der Waals surface area contributed by atoms with Gasteiger partial charge in [-0.3, -0.25) is 4.79 Å². The molecule has 2 saturated carbocycles. The second-order valence-electron chi connectivity index (χ2n) is 8.57. The fourth-order valence-electron chi connectivity index (χ4n) is 6.54. The molecule has 4 heteroatoms. The van der Waals surface area contributed by atoms with Crippen molar-refractivity contribution in [2.45, 2.75) is 63.1 Å². The number of ether oxygens (including phenoxy) is 1. The number of aliphatic hydroxyl groups is 1. The molecule has 0 bridgehead atoms. The Morgan fingerprint density at radius 3 is 2.96 bits per heavy atom. The number of carbonyl (C=O) groups is 1. The normalized spacial score (nSPS) is 45.8. The molecule has 1 aliphatic heterocycles. The van der Waals surface area contributed by atoms with Crippen molar-refractivity contribution < 1.29 is 19.7 Å². The summed E-state index contributed by atoms with van der Waals surface area (Å²) in [6.07, 6.45) is 4.69. The van der Waals surface area contributed by atoms with Gasteiger partial charge in [-0.15, -0.1) is 0 Å². The Hall–Kier alpha value is -1.55. The zero-order chi connectivity index (χ0) is 16.7. The topological polar surface area (TPSA) is 66.8 Å². The van der Waals surface area contributed by atoms with E-state index in [0.29, 0.717) is 23.5 Å². The molecule has 3 aliphatic carbocycles. The molecule has 0 spiro atoms. The highest BCUT2D eigenvalue weighted by molar-refractivity contribution is 5.74. The van der Waals surface area contributed by atoms with Gasteiger partial charge in [0.2, 0.25) is 0 Å². The van der Waals surface area contributed by atoms with E-state index in [0.717, 1.165) is 32.1 Å². The smallest absolute Gasteiger partial charge is 0.309 e. The number of hydrogen-bond donors (Lipinski definition) is 2. The molecule has 6 atom stereocenters. The first-order valence-corrected chi connectivity index (χ1v) is 9.16. The first-order valence-electron chi connectivity index (χ1n) is 9.16. The number of phenolic OH excluding ortho intramolecular Hbond substituents is 1. The van der Waals surface area contributed by atoms with Gasteiger partial charge in [0, 0.05) is 5.41 Å². The Morgan fingerprint density at radius 1 is 1.29 bits per heavy atom. The van der Waals surface area contributed by atoms with Crippen LogP contribution in [-0.2, 0) is 16.0 Å². The van der Waals surface area contributed by atoms with E-state index < -0.39 is 5.60 Å². The van der Waals surface area contributed by atoms with Crippen molar-refractivity contribution in [1.29, 1.82) is 0 Å². The maximum absolute atomic E-state index is 11.8. The Bertz CT molecular complexity index is 728. The Kier molecular flexibility index (Phi) is 2.79. The maximum Gasteiger partial charge on any atom is 0.309 e. The summed E-state index contributed by atoms with van der Waals surface area (Å²) in [5, 5.41) is 21.1. The molecule has 2 N–H and O–H groups in total. The first-order chi connectivity index (χ1) is 11.4. The molecule has 0 radical (unpaired) electrons. The lowest BCUT2D eigenvalue weighted by Crippen LogP contribution is -2.52. The van der Waals surface area contributed by atoms with Crippen molar-refractivity contribution in [3.05, 3.63) is 29.3 Å². The van der Waals surface area contributed by atoms with Gasteiger partial charge >= 0.3 is 5.97 Å². The van der Waals surface area contributed by atoms with Crippen molar-refractivity contribution in [2.24, 2.45) is 17.3 Å². The molecule has 0 aromatic heterocycles. The lowest BCUT2D eigenvalue weighted by atomic mass is 9.53. The fourth-order valence-corrected chi connectivity index (χ4v) is 6.54. The van der Waals surface area contributed by atoms with Crippen molar-refractivity contribution in [3.63, 3.8) is 0 Å². The van der Waals surface area contributed by atoms with Crippen molar-refractivity contribution in [2.75, 3.05) is 0 Å². The molecule has 1 saturated heterocycles. The first kappa shape index (κ1) is 14.8. The second kappa shape index (κ2) is 4.54. The molecular weight excluding hydrogens is 304 g/mol. The SMILES string of the molecule is C[C@]12CC[C@@H]3c4ccc(O)cc4CC[C@H]3[C@@H]1CC1OC(=O)C[C@@]12O. The van der Waals surface area contributed by atoms with Gasteiger partial charge in [0.15, 0.2) is 0 Å². The summed E-state index contributed by atoms with van der Waals surface area (Å²) in [7, 11) is 0. The summed E-state index contributed by atoms with van der Waals surface area (Å²) < 4.78 is 5.49. The van der Waals surface area contributed by atoms with Crippen LogP contribution in [0.3, 0.4) is 0 Å². The van der Waals surface area contributed by atoms with Crippen LogP contribution in [-0.4, -0.2) is 27.9 Å². The van der Waals surface area contributed by atoms with E-state index in [1.54, 1.807) is 6.07 Å². The summed E-state index contributed by atoms with van der Waals surface area (Å²) in [6.45, 7) is 2.18. The number of aromatic hydroxyl groups is 1. The summed E-state index contributed by atoms with van der Waals surface area (Å²) in [4.78, 5) is 11.8. The van der Waals surface area contributed by atoms with Crippen molar-refractivity contribution >= 4 is 5.97 Å². The molecule has 128 valence electrons. The predicted molar refractivity (Wildman–Crippen MR) is 87.6 cm³/mol. The van der Waals surface area contributed by atoms with E-state index in [1.807, 2.05) is 6.07 Å². The average Bonchev–Trinajstić information content (AvgIpc) is 2.94. The Balaban J connectivity index is 1.53. The number of aryl methyl sites for hydroxylation is 1. The summed E-state index contributed by atoms with van der Waals surface area (Å²) >= 11 is 0. The summed E-state index contributed by atoms with van der Waals surface area (Å²) in [6, 6.07) is 5.81. The van der Waals surface area contributed by atoms with Crippen LogP contribution in [0.25, 0.3) is 0 Å².